The molecule has 0 saturated carbocycles. The Morgan fingerprint density at radius 3 is 2.71 bits per heavy atom. The lowest BCUT2D eigenvalue weighted by Crippen LogP contribution is -2.36. The molecule has 0 heterocycles. The summed E-state index contributed by atoms with van der Waals surface area (Å²) in [6.07, 6.45) is 0. The van der Waals surface area contributed by atoms with E-state index in [-0.39, 0.29) is 23.3 Å². The molecule has 0 fully saturated rings. The lowest BCUT2D eigenvalue weighted by atomic mass is 10.1. The van der Waals surface area contributed by atoms with Gasteiger partial charge < -0.3 is 11.1 Å². The quantitative estimate of drug-likeness (QED) is 0.752. The predicted molar refractivity (Wildman–Crippen MR) is 86.5 cm³/mol. The summed E-state index contributed by atoms with van der Waals surface area (Å²) in [7, 11) is 1.77. The molecule has 0 bridgehead atoms. The summed E-state index contributed by atoms with van der Waals surface area (Å²) in [5.74, 6) is 0.000459. The average Bonchev–Trinajstić information content (AvgIpc) is 2.38. The summed E-state index contributed by atoms with van der Waals surface area (Å²) >= 11 is 4.88. The summed E-state index contributed by atoms with van der Waals surface area (Å²) in [4.78, 5) is 13.7. The van der Waals surface area contributed by atoms with Crippen LogP contribution in [0.15, 0.2) is 18.2 Å². The van der Waals surface area contributed by atoms with E-state index in [1.54, 1.807) is 24.1 Å². The third kappa shape index (κ3) is 6.18. The van der Waals surface area contributed by atoms with E-state index in [0.29, 0.717) is 30.1 Å². The maximum absolute atomic E-state index is 13.8. The van der Waals surface area contributed by atoms with Gasteiger partial charge in [0, 0.05) is 24.2 Å². The number of carbonyl (C=O) groups is 1. The Labute approximate surface area is 130 Å². The Hall–Kier alpha value is -1.53. The highest BCUT2D eigenvalue weighted by atomic mass is 32.1. The monoisotopic (exact) mass is 311 g/mol. The number of nitrogens with two attached hydrogens (primary N) is 1. The number of carbonyl (C=O) groups excluding carboxylic acids is 1. The molecule has 1 rings (SSSR count). The number of hydrogen-bond donors (Lipinski definition) is 2. The Morgan fingerprint density at radius 2 is 2.14 bits per heavy atom. The first-order valence-electron chi connectivity index (χ1n) is 6.83. The minimum Gasteiger partial charge on any atom is -0.389 e. The molecule has 0 atom stereocenters. The first-order chi connectivity index (χ1) is 9.79. The molecule has 116 valence electrons. The van der Waals surface area contributed by atoms with Crippen molar-refractivity contribution in [1.29, 1.82) is 0 Å². The van der Waals surface area contributed by atoms with E-state index < -0.39 is 0 Å². The van der Waals surface area contributed by atoms with Crippen LogP contribution in [-0.4, -0.2) is 35.9 Å². The fourth-order valence-corrected chi connectivity index (χ4v) is 1.94. The van der Waals surface area contributed by atoms with Gasteiger partial charge in [-0.2, -0.15) is 0 Å². The van der Waals surface area contributed by atoms with E-state index in [2.05, 4.69) is 5.32 Å². The number of nitrogens with one attached hydrogen (secondary N) is 1. The standard InChI is InChI=1S/C15H22FN3OS/c1-10(2)7-18-14(20)9-19(3)8-12-6-11(15(17)21)4-5-13(12)16/h4-6,10H,7-9H2,1-3H3,(H2,17,21)(H,18,20). The Morgan fingerprint density at radius 1 is 1.48 bits per heavy atom. The van der Waals surface area contributed by atoms with Gasteiger partial charge in [0.25, 0.3) is 0 Å². The zero-order valence-electron chi connectivity index (χ0n) is 12.6. The molecule has 0 radical (unpaired) electrons. The maximum Gasteiger partial charge on any atom is 0.234 e. The molecular weight excluding hydrogens is 289 g/mol. The third-order valence-electron chi connectivity index (χ3n) is 2.89. The highest BCUT2D eigenvalue weighted by Gasteiger charge is 2.11. The molecule has 0 aliphatic carbocycles. The number of amides is 1. The van der Waals surface area contributed by atoms with Gasteiger partial charge in [-0.15, -0.1) is 0 Å². The zero-order valence-corrected chi connectivity index (χ0v) is 13.5. The van der Waals surface area contributed by atoms with Crippen LogP contribution in [0.4, 0.5) is 4.39 Å². The van der Waals surface area contributed by atoms with Gasteiger partial charge in [-0.3, -0.25) is 9.69 Å². The summed E-state index contributed by atoms with van der Waals surface area (Å²) in [6, 6.07) is 4.52. The predicted octanol–water partition coefficient (Wildman–Crippen LogP) is 1.66. The van der Waals surface area contributed by atoms with Gasteiger partial charge in [-0.1, -0.05) is 26.1 Å². The molecule has 6 heteroatoms. The van der Waals surface area contributed by atoms with Gasteiger partial charge in [-0.05, 0) is 31.2 Å². The molecule has 1 aromatic carbocycles. The Kier molecular flexibility index (Phi) is 6.71. The fraction of sp³-hybridized carbons (Fsp3) is 0.467. The van der Waals surface area contributed by atoms with Crippen molar-refractivity contribution >= 4 is 23.1 Å². The van der Waals surface area contributed by atoms with E-state index >= 15 is 0 Å². The lowest BCUT2D eigenvalue weighted by Gasteiger charge is -2.17. The number of rotatable bonds is 7. The smallest absolute Gasteiger partial charge is 0.234 e. The van der Waals surface area contributed by atoms with Gasteiger partial charge in [-0.25, -0.2) is 4.39 Å². The minimum atomic E-state index is -0.329. The highest BCUT2D eigenvalue weighted by molar-refractivity contribution is 7.80. The number of nitrogens with zero attached hydrogens (tertiary/aromatic N) is 1. The zero-order chi connectivity index (χ0) is 16.0. The van der Waals surface area contributed by atoms with Crippen LogP contribution in [0.1, 0.15) is 25.0 Å². The number of likely N-dealkylation sites (N-methyl/N-ethyl adjacent to an activating group) is 1. The van der Waals surface area contributed by atoms with Crippen molar-refractivity contribution in [1.82, 2.24) is 10.2 Å². The van der Waals surface area contributed by atoms with Crippen LogP contribution in [-0.2, 0) is 11.3 Å². The Balaban J connectivity index is 2.62. The van der Waals surface area contributed by atoms with Crippen molar-refractivity contribution in [2.24, 2.45) is 11.7 Å². The van der Waals surface area contributed by atoms with Gasteiger partial charge >= 0.3 is 0 Å². The molecule has 0 saturated heterocycles. The fourth-order valence-electron chi connectivity index (χ4n) is 1.81. The molecular formula is C15H22FN3OS. The van der Waals surface area contributed by atoms with Crippen LogP contribution >= 0.6 is 12.2 Å². The minimum absolute atomic E-state index is 0.0721. The average molecular weight is 311 g/mol. The van der Waals surface area contributed by atoms with Crippen molar-refractivity contribution in [2.75, 3.05) is 20.1 Å². The SMILES string of the molecule is CC(C)CNC(=O)CN(C)Cc1cc(C(N)=S)ccc1F. The summed E-state index contributed by atoms with van der Waals surface area (Å²) in [5.41, 5.74) is 6.64. The van der Waals surface area contributed by atoms with Gasteiger partial charge in [0.05, 0.1) is 6.54 Å². The van der Waals surface area contributed by atoms with Crippen LogP contribution in [0.2, 0.25) is 0 Å². The molecule has 21 heavy (non-hydrogen) atoms. The van der Waals surface area contributed by atoms with Crippen LogP contribution in [0.5, 0.6) is 0 Å². The van der Waals surface area contributed by atoms with Crippen molar-refractivity contribution in [3.8, 4) is 0 Å². The number of hydrogen-bond acceptors (Lipinski definition) is 3. The van der Waals surface area contributed by atoms with Crippen molar-refractivity contribution in [2.45, 2.75) is 20.4 Å². The normalized spacial score (nSPS) is 11.0. The summed E-state index contributed by atoms with van der Waals surface area (Å²) in [5, 5.41) is 2.83. The van der Waals surface area contributed by atoms with Crippen LogP contribution in [0.25, 0.3) is 0 Å². The molecule has 4 nitrogen and oxygen atoms in total. The molecule has 0 unspecified atom stereocenters. The second kappa shape index (κ2) is 8.05. The maximum atomic E-state index is 13.8. The molecule has 1 aromatic rings. The summed E-state index contributed by atoms with van der Waals surface area (Å²) < 4.78 is 13.8. The number of thiocarbonyl (C=S) groups is 1. The van der Waals surface area contributed by atoms with Crippen LogP contribution < -0.4 is 11.1 Å². The molecule has 0 aliphatic heterocycles. The van der Waals surface area contributed by atoms with E-state index in [0.717, 1.165) is 0 Å². The van der Waals surface area contributed by atoms with E-state index in [4.69, 9.17) is 18.0 Å². The van der Waals surface area contributed by atoms with E-state index in [9.17, 15) is 9.18 Å². The molecule has 0 aromatic heterocycles. The van der Waals surface area contributed by atoms with Crippen molar-refractivity contribution in [3.63, 3.8) is 0 Å². The summed E-state index contributed by atoms with van der Waals surface area (Å²) in [6.45, 7) is 5.22. The molecule has 0 spiro atoms. The molecule has 0 aliphatic rings. The largest absolute Gasteiger partial charge is 0.389 e. The number of halogens is 1. The highest BCUT2D eigenvalue weighted by Crippen LogP contribution is 2.12. The van der Waals surface area contributed by atoms with Gasteiger partial charge in [0.2, 0.25) is 5.91 Å². The van der Waals surface area contributed by atoms with Crippen molar-refractivity contribution in [3.05, 3.63) is 35.1 Å². The van der Waals surface area contributed by atoms with Crippen molar-refractivity contribution < 1.29 is 9.18 Å². The topological polar surface area (TPSA) is 58.4 Å². The van der Waals surface area contributed by atoms with E-state index in [1.165, 1.54) is 6.07 Å². The first-order valence-corrected chi connectivity index (χ1v) is 7.24. The second-order valence-electron chi connectivity index (χ2n) is 5.54. The Bertz CT molecular complexity index is 520. The molecule has 1 amide bonds. The van der Waals surface area contributed by atoms with Gasteiger partial charge in [0.1, 0.15) is 10.8 Å². The second-order valence-corrected chi connectivity index (χ2v) is 5.98. The van der Waals surface area contributed by atoms with Crippen LogP contribution in [0, 0.1) is 11.7 Å². The van der Waals surface area contributed by atoms with E-state index in [1.807, 2.05) is 13.8 Å². The van der Waals surface area contributed by atoms with Crippen LogP contribution in [0.3, 0.4) is 0 Å². The first kappa shape index (κ1) is 17.5. The van der Waals surface area contributed by atoms with Gasteiger partial charge in [0.15, 0.2) is 0 Å². The molecule has 3 N–H and O–H groups in total. The number of benzene rings is 1. The third-order valence-corrected chi connectivity index (χ3v) is 3.13. The lowest BCUT2D eigenvalue weighted by molar-refractivity contribution is -0.122.